The molecule has 1 unspecified atom stereocenters. The second kappa shape index (κ2) is 9.05. The van der Waals surface area contributed by atoms with Crippen LogP contribution in [-0.2, 0) is 9.59 Å². The molecule has 2 amide bonds. The van der Waals surface area contributed by atoms with Crippen molar-refractivity contribution < 1.29 is 14.7 Å². The molecule has 4 atom stereocenters. The van der Waals surface area contributed by atoms with E-state index in [1.165, 1.54) is 5.56 Å². The van der Waals surface area contributed by atoms with E-state index >= 15 is 0 Å². The van der Waals surface area contributed by atoms with Crippen molar-refractivity contribution in [2.24, 2.45) is 11.3 Å². The van der Waals surface area contributed by atoms with Crippen LogP contribution < -0.4 is 5.32 Å². The number of likely N-dealkylation sites (tertiary alicyclic amines) is 1. The summed E-state index contributed by atoms with van der Waals surface area (Å²) in [4.78, 5) is 27.1. The van der Waals surface area contributed by atoms with E-state index in [1.807, 2.05) is 24.0 Å². The lowest BCUT2D eigenvalue weighted by molar-refractivity contribution is -0.135. The molecule has 1 saturated heterocycles. The van der Waals surface area contributed by atoms with Crippen LogP contribution in [-0.4, -0.2) is 47.1 Å². The van der Waals surface area contributed by atoms with Crippen LogP contribution in [0.5, 0.6) is 0 Å². The van der Waals surface area contributed by atoms with Gasteiger partial charge < -0.3 is 15.3 Å². The average molecular weight is 421 g/mol. The molecule has 0 bridgehead atoms. The van der Waals surface area contributed by atoms with Crippen molar-refractivity contribution in [1.82, 2.24) is 10.2 Å². The second-order valence-electron chi connectivity index (χ2n) is 9.47. The van der Waals surface area contributed by atoms with Crippen LogP contribution in [0.2, 0.25) is 5.02 Å². The summed E-state index contributed by atoms with van der Waals surface area (Å²) in [5.41, 5.74) is 1.24. The molecule has 6 heteroatoms. The maximum Gasteiger partial charge on any atom is 0.224 e. The minimum atomic E-state index is -0.369. The van der Waals surface area contributed by atoms with Crippen molar-refractivity contribution in [3.8, 4) is 0 Å². The third kappa shape index (κ3) is 5.52. The van der Waals surface area contributed by atoms with Crippen molar-refractivity contribution in [3.05, 3.63) is 34.9 Å². The minimum absolute atomic E-state index is 0.0335. The van der Waals surface area contributed by atoms with Gasteiger partial charge in [0.2, 0.25) is 11.8 Å². The van der Waals surface area contributed by atoms with E-state index in [4.69, 9.17) is 11.6 Å². The zero-order valence-electron chi connectivity index (χ0n) is 17.7. The van der Waals surface area contributed by atoms with Crippen molar-refractivity contribution in [3.63, 3.8) is 0 Å². The molecule has 1 heterocycles. The summed E-state index contributed by atoms with van der Waals surface area (Å²) in [6.07, 6.45) is 2.79. The van der Waals surface area contributed by atoms with Gasteiger partial charge in [0.15, 0.2) is 0 Å². The van der Waals surface area contributed by atoms with Gasteiger partial charge in [0, 0.05) is 36.5 Å². The number of aliphatic hydroxyl groups excluding tert-OH is 1. The number of aliphatic hydroxyl groups is 1. The van der Waals surface area contributed by atoms with Gasteiger partial charge in [-0.2, -0.15) is 0 Å². The SMILES string of the molecule is C[C@H](CC(=O)N1CCC(c2ccc(Cl)cc2)C(C)(C)C1)NC(=O)[C@@H]1CC[C@@H](O)C1. The summed E-state index contributed by atoms with van der Waals surface area (Å²) in [5, 5.41) is 13.3. The Balaban J connectivity index is 1.52. The number of benzene rings is 1. The number of amides is 2. The molecule has 0 aromatic heterocycles. The molecule has 0 spiro atoms. The summed E-state index contributed by atoms with van der Waals surface area (Å²) in [7, 11) is 0. The smallest absolute Gasteiger partial charge is 0.224 e. The molecular formula is C23H33ClN2O3. The topological polar surface area (TPSA) is 69.6 Å². The lowest BCUT2D eigenvalue weighted by Gasteiger charge is -2.45. The lowest BCUT2D eigenvalue weighted by Crippen LogP contribution is -2.49. The molecule has 1 saturated carbocycles. The number of rotatable bonds is 5. The third-order valence-corrected chi connectivity index (χ3v) is 6.75. The molecule has 160 valence electrons. The van der Waals surface area contributed by atoms with Crippen molar-refractivity contribution in [2.45, 2.75) is 70.9 Å². The van der Waals surface area contributed by atoms with E-state index in [9.17, 15) is 14.7 Å². The van der Waals surface area contributed by atoms with Gasteiger partial charge in [-0.3, -0.25) is 9.59 Å². The fourth-order valence-electron chi connectivity index (χ4n) is 4.88. The Labute approximate surface area is 178 Å². The van der Waals surface area contributed by atoms with Crippen LogP contribution in [0.15, 0.2) is 24.3 Å². The van der Waals surface area contributed by atoms with E-state index in [-0.39, 0.29) is 35.3 Å². The van der Waals surface area contributed by atoms with Crippen LogP contribution >= 0.6 is 11.6 Å². The normalized spacial score (nSPS) is 27.5. The van der Waals surface area contributed by atoms with Gasteiger partial charge in [0.25, 0.3) is 0 Å². The molecule has 1 aromatic rings. The lowest BCUT2D eigenvalue weighted by atomic mass is 9.70. The summed E-state index contributed by atoms with van der Waals surface area (Å²) >= 11 is 6.02. The van der Waals surface area contributed by atoms with E-state index in [1.54, 1.807) is 0 Å². The predicted molar refractivity (Wildman–Crippen MR) is 115 cm³/mol. The number of piperidine rings is 1. The number of halogens is 1. The number of hydrogen-bond donors (Lipinski definition) is 2. The van der Waals surface area contributed by atoms with Gasteiger partial charge in [-0.05, 0) is 61.6 Å². The van der Waals surface area contributed by atoms with E-state index in [0.717, 1.165) is 24.4 Å². The Kier molecular flexibility index (Phi) is 6.90. The van der Waals surface area contributed by atoms with Crippen LogP contribution in [0.4, 0.5) is 0 Å². The van der Waals surface area contributed by atoms with Crippen molar-refractivity contribution in [1.29, 1.82) is 0 Å². The zero-order chi connectivity index (χ0) is 21.2. The van der Waals surface area contributed by atoms with Gasteiger partial charge in [-0.15, -0.1) is 0 Å². The fraction of sp³-hybridized carbons (Fsp3) is 0.652. The Bertz CT molecular complexity index is 734. The molecule has 1 aliphatic carbocycles. The highest BCUT2D eigenvalue weighted by Crippen LogP contribution is 2.42. The Morgan fingerprint density at radius 1 is 1.24 bits per heavy atom. The molecule has 5 nitrogen and oxygen atoms in total. The monoisotopic (exact) mass is 420 g/mol. The molecule has 2 aliphatic rings. The van der Waals surface area contributed by atoms with Gasteiger partial charge >= 0.3 is 0 Å². The zero-order valence-corrected chi connectivity index (χ0v) is 18.4. The standard InChI is InChI=1S/C23H33ClN2O3/c1-15(25-22(29)17-6-9-19(27)13-17)12-21(28)26-11-10-20(23(2,3)14-26)16-4-7-18(24)8-5-16/h4-5,7-8,15,17,19-20,27H,6,9-14H2,1-3H3,(H,25,29)/t15-,17-,19-,20?/m1/s1. The summed E-state index contributed by atoms with van der Waals surface area (Å²) < 4.78 is 0. The first-order valence-corrected chi connectivity index (χ1v) is 11.0. The second-order valence-corrected chi connectivity index (χ2v) is 9.91. The third-order valence-electron chi connectivity index (χ3n) is 6.50. The van der Waals surface area contributed by atoms with Gasteiger partial charge in [-0.1, -0.05) is 37.6 Å². The molecule has 1 aliphatic heterocycles. The largest absolute Gasteiger partial charge is 0.393 e. The Morgan fingerprint density at radius 2 is 1.93 bits per heavy atom. The number of nitrogens with zero attached hydrogens (tertiary/aromatic N) is 1. The van der Waals surface area contributed by atoms with Crippen LogP contribution in [0, 0.1) is 11.3 Å². The summed E-state index contributed by atoms with van der Waals surface area (Å²) in [6, 6.07) is 7.83. The molecular weight excluding hydrogens is 388 g/mol. The van der Waals surface area contributed by atoms with Crippen LogP contribution in [0.3, 0.4) is 0 Å². The van der Waals surface area contributed by atoms with Crippen LogP contribution in [0.25, 0.3) is 0 Å². The first-order chi connectivity index (χ1) is 13.7. The van der Waals surface area contributed by atoms with Crippen molar-refractivity contribution >= 4 is 23.4 Å². The van der Waals surface area contributed by atoms with Gasteiger partial charge in [-0.25, -0.2) is 0 Å². The van der Waals surface area contributed by atoms with Gasteiger partial charge in [0.1, 0.15) is 0 Å². The number of carbonyl (C=O) groups excluding carboxylic acids is 2. The highest BCUT2D eigenvalue weighted by molar-refractivity contribution is 6.30. The van der Waals surface area contributed by atoms with E-state index in [2.05, 4.69) is 31.3 Å². The minimum Gasteiger partial charge on any atom is -0.393 e. The van der Waals surface area contributed by atoms with E-state index in [0.29, 0.717) is 31.7 Å². The average Bonchev–Trinajstić information content (AvgIpc) is 3.08. The predicted octanol–water partition coefficient (Wildman–Crippen LogP) is 3.74. The Morgan fingerprint density at radius 3 is 2.52 bits per heavy atom. The van der Waals surface area contributed by atoms with Crippen molar-refractivity contribution in [2.75, 3.05) is 13.1 Å². The Hall–Kier alpha value is -1.59. The molecule has 3 rings (SSSR count). The highest BCUT2D eigenvalue weighted by atomic mass is 35.5. The highest BCUT2D eigenvalue weighted by Gasteiger charge is 2.38. The molecule has 2 N–H and O–H groups in total. The number of nitrogens with one attached hydrogen (secondary N) is 1. The molecule has 2 fully saturated rings. The summed E-state index contributed by atoms with van der Waals surface area (Å²) in [6.45, 7) is 7.73. The molecule has 0 radical (unpaired) electrons. The molecule has 29 heavy (non-hydrogen) atoms. The number of hydrogen-bond acceptors (Lipinski definition) is 3. The van der Waals surface area contributed by atoms with E-state index < -0.39 is 0 Å². The maximum absolute atomic E-state index is 12.9. The number of carbonyl (C=O) groups is 2. The first kappa shape index (κ1) is 22.1. The molecule has 1 aromatic carbocycles. The summed E-state index contributed by atoms with van der Waals surface area (Å²) in [5.74, 6) is 0.307. The fourth-order valence-corrected chi connectivity index (χ4v) is 5.01. The maximum atomic E-state index is 12.9. The first-order valence-electron chi connectivity index (χ1n) is 10.7. The van der Waals surface area contributed by atoms with Gasteiger partial charge in [0.05, 0.1) is 6.10 Å². The quantitative estimate of drug-likeness (QED) is 0.762. The van der Waals surface area contributed by atoms with Crippen LogP contribution in [0.1, 0.15) is 64.4 Å².